The molecule has 5 heteroatoms. The Kier molecular flexibility index (Phi) is 7.46. The summed E-state index contributed by atoms with van der Waals surface area (Å²) in [6.07, 6.45) is 2.20. The molecule has 1 fully saturated rings. The molecule has 1 amide bonds. The van der Waals surface area contributed by atoms with Crippen molar-refractivity contribution in [2.75, 3.05) is 26.2 Å². The second-order valence-corrected chi connectivity index (χ2v) is 7.35. The predicted octanol–water partition coefficient (Wildman–Crippen LogP) is 2.12. The van der Waals surface area contributed by atoms with Gasteiger partial charge in [-0.15, -0.1) is 0 Å². The van der Waals surface area contributed by atoms with Gasteiger partial charge in [-0.05, 0) is 65.1 Å². The van der Waals surface area contributed by atoms with Crippen LogP contribution in [0.1, 0.15) is 47.5 Å². The SMILES string of the molecule is CC(C)C(CNC(=O)OC(C)(C)C)NCC1CCCNC1. The fourth-order valence-electron chi connectivity index (χ4n) is 2.47. The van der Waals surface area contributed by atoms with Crippen molar-refractivity contribution in [1.82, 2.24) is 16.0 Å². The molecular formula is C16H33N3O2. The lowest BCUT2D eigenvalue weighted by Gasteiger charge is -2.28. The van der Waals surface area contributed by atoms with Crippen LogP contribution in [0.2, 0.25) is 0 Å². The summed E-state index contributed by atoms with van der Waals surface area (Å²) in [7, 11) is 0. The Bertz CT molecular complexity index is 307. The molecule has 2 unspecified atom stereocenters. The Morgan fingerprint density at radius 3 is 2.62 bits per heavy atom. The van der Waals surface area contributed by atoms with E-state index in [9.17, 15) is 4.79 Å². The van der Waals surface area contributed by atoms with Crippen LogP contribution < -0.4 is 16.0 Å². The van der Waals surface area contributed by atoms with E-state index in [-0.39, 0.29) is 12.1 Å². The molecule has 3 N–H and O–H groups in total. The van der Waals surface area contributed by atoms with Crippen molar-refractivity contribution in [3.8, 4) is 0 Å². The fourth-order valence-corrected chi connectivity index (χ4v) is 2.47. The smallest absolute Gasteiger partial charge is 0.407 e. The molecule has 1 rings (SSSR count). The third-order valence-corrected chi connectivity index (χ3v) is 3.74. The Morgan fingerprint density at radius 2 is 2.10 bits per heavy atom. The fraction of sp³-hybridized carbons (Fsp3) is 0.938. The molecule has 0 aromatic carbocycles. The molecule has 1 aliphatic heterocycles. The molecule has 0 bridgehead atoms. The van der Waals surface area contributed by atoms with Gasteiger partial charge in [-0.1, -0.05) is 13.8 Å². The second-order valence-electron chi connectivity index (χ2n) is 7.35. The second kappa shape index (κ2) is 8.59. The van der Waals surface area contributed by atoms with Crippen LogP contribution in [0, 0.1) is 11.8 Å². The zero-order chi connectivity index (χ0) is 15.9. The van der Waals surface area contributed by atoms with E-state index in [0.717, 1.165) is 19.6 Å². The van der Waals surface area contributed by atoms with Gasteiger partial charge in [0.1, 0.15) is 5.60 Å². The number of alkyl carbamates (subject to hydrolysis) is 1. The minimum atomic E-state index is -0.446. The van der Waals surface area contributed by atoms with Crippen molar-refractivity contribution in [3.05, 3.63) is 0 Å². The van der Waals surface area contributed by atoms with Crippen LogP contribution in [0.5, 0.6) is 0 Å². The van der Waals surface area contributed by atoms with Gasteiger partial charge in [-0.2, -0.15) is 0 Å². The first-order chi connectivity index (χ1) is 9.78. The number of hydrogen-bond donors (Lipinski definition) is 3. The third-order valence-electron chi connectivity index (χ3n) is 3.74. The van der Waals surface area contributed by atoms with Gasteiger partial charge in [0.15, 0.2) is 0 Å². The minimum Gasteiger partial charge on any atom is -0.444 e. The van der Waals surface area contributed by atoms with Gasteiger partial charge in [0, 0.05) is 12.6 Å². The Morgan fingerprint density at radius 1 is 1.38 bits per heavy atom. The molecular weight excluding hydrogens is 266 g/mol. The highest BCUT2D eigenvalue weighted by Gasteiger charge is 2.20. The van der Waals surface area contributed by atoms with Crippen LogP contribution in [-0.2, 0) is 4.74 Å². The van der Waals surface area contributed by atoms with Gasteiger partial charge >= 0.3 is 6.09 Å². The molecule has 0 aliphatic carbocycles. The average Bonchev–Trinajstić information content (AvgIpc) is 2.37. The van der Waals surface area contributed by atoms with Gasteiger partial charge < -0.3 is 20.7 Å². The van der Waals surface area contributed by atoms with E-state index < -0.39 is 5.60 Å². The van der Waals surface area contributed by atoms with Crippen LogP contribution >= 0.6 is 0 Å². The molecule has 0 aromatic heterocycles. The summed E-state index contributed by atoms with van der Waals surface area (Å²) >= 11 is 0. The van der Waals surface area contributed by atoms with Gasteiger partial charge in [0.05, 0.1) is 0 Å². The number of ether oxygens (including phenoxy) is 1. The number of rotatable bonds is 6. The molecule has 1 heterocycles. The van der Waals surface area contributed by atoms with E-state index in [1.54, 1.807) is 0 Å². The zero-order valence-corrected chi connectivity index (χ0v) is 14.3. The number of nitrogens with one attached hydrogen (secondary N) is 3. The topological polar surface area (TPSA) is 62.4 Å². The standard InChI is InChI=1S/C16H33N3O2/c1-12(2)14(11-19-15(20)21-16(3,4)5)18-10-13-7-6-8-17-9-13/h12-14,17-18H,6-11H2,1-5H3,(H,19,20). The lowest BCUT2D eigenvalue weighted by molar-refractivity contribution is 0.0519. The summed E-state index contributed by atoms with van der Waals surface area (Å²) < 4.78 is 5.27. The van der Waals surface area contributed by atoms with E-state index in [0.29, 0.717) is 18.4 Å². The van der Waals surface area contributed by atoms with Gasteiger partial charge in [-0.25, -0.2) is 4.79 Å². The van der Waals surface area contributed by atoms with Crippen LogP contribution in [0.3, 0.4) is 0 Å². The van der Waals surface area contributed by atoms with E-state index >= 15 is 0 Å². The van der Waals surface area contributed by atoms with Crippen molar-refractivity contribution in [2.45, 2.75) is 59.1 Å². The molecule has 5 nitrogen and oxygen atoms in total. The van der Waals surface area contributed by atoms with Crippen molar-refractivity contribution < 1.29 is 9.53 Å². The highest BCUT2D eigenvalue weighted by Crippen LogP contribution is 2.10. The monoisotopic (exact) mass is 299 g/mol. The van der Waals surface area contributed by atoms with E-state index in [1.165, 1.54) is 12.8 Å². The number of amides is 1. The normalized spacial score (nSPS) is 21.1. The molecule has 1 aliphatic rings. The van der Waals surface area contributed by atoms with Gasteiger partial charge in [0.2, 0.25) is 0 Å². The number of carbonyl (C=O) groups is 1. The zero-order valence-electron chi connectivity index (χ0n) is 14.3. The molecule has 1 saturated heterocycles. The molecule has 0 aromatic rings. The summed E-state index contributed by atoms with van der Waals surface area (Å²) in [5, 5.41) is 9.90. The summed E-state index contributed by atoms with van der Waals surface area (Å²) in [4.78, 5) is 11.7. The first-order valence-electron chi connectivity index (χ1n) is 8.19. The van der Waals surface area contributed by atoms with Gasteiger partial charge in [-0.3, -0.25) is 0 Å². The minimum absolute atomic E-state index is 0.277. The summed E-state index contributed by atoms with van der Waals surface area (Å²) in [5.41, 5.74) is -0.446. The van der Waals surface area contributed by atoms with E-state index in [2.05, 4.69) is 29.8 Å². The van der Waals surface area contributed by atoms with E-state index in [4.69, 9.17) is 4.74 Å². The Labute approximate surface area is 129 Å². The Balaban J connectivity index is 2.30. The highest BCUT2D eigenvalue weighted by atomic mass is 16.6. The van der Waals surface area contributed by atoms with Crippen LogP contribution in [-0.4, -0.2) is 43.9 Å². The summed E-state index contributed by atoms with van der Waals surface area (Å²) in [5.74, 6) is 1.16. The maximum absolute atomic E-state index is 11.7. The highest BCUT2D eigenvalue weighted by molar-refractivity contribution is 5.67. The molecule has 2 atom stereocenters. The third kappa shape index (κ3) is 8.27. The number of piperidine rings is 1. The largest absolute Gasteiger partial charge is 0.444 e. The summed E-state index contributed by atoms with van der Waals surface area (Å²) in [6, 6.07) is 0.277. The molecule has 21 heavy (non-hydrogen) atoms. The van der Waals surface area contributed by atoms with E-state index in [1.807, 2.05) is 20.8 Å². The quantitative estimate of drug-likeness (QED) is 0.703. The maximum atomic E-state index is 11.7. The first kappa shape index (κ1) is 18.2. The van der Waals surface area contributed by atoms with Crippen LogP contribution in [0.4, 0.5) is 4.79 Å². The molecule has 0 radical (unpaired) electrons. The number of hydrogen-bond acceptors (Lipinski definition) is 4. The molecule has 124 valence electrons. The molecule has 0 saturated carbocycles. The van der Waals surface area contributed by atoms with Gasteiger partial charge in [0.25, 0.3) is 0 Å². The summed E-state index contributed by atoms with van der Waals surface area (Å²) in [6.45, 7) is 13.8. The number of carbonyl (C=O) groups excluding carboxylic acids is 1. The lowest BCUT2D eigenvalue weighted by atomic mass is 9.98. The van der Waals surface area contributed by atoms with Crippen molar-refractivity contribution in [1.29, 1.82) is 0 Å². The lowest BCUT2D eigenvalue weighted by Crippen LogP contribution is -2.48. The van der Waals surface area contributed by atoms with Crippen molar-refractivity contribution in [2.24, 2.45) is 11.8 Å². The average molecular weight is 299 g/mol. The maximum Gasteiger partial charge on any atom is 0.407 e. The first-order valence-corrected chi connectivity index (χ1v) is 8.19. The van der Waals surface area contributed by atoms with Crippen LogP contribution in [0.15, 0.2) is 0 Å². The predicted molar refractivity (Wildman–Crippen MR) is 86.5 cm³/mol. The van der Waals surface area contributed by atoms with Crippen molar-refractivity contribution in [3.63, 3.8) is 0 Å². The Hall–Kier alpha value is -0.810. The molecule has 0 spiro atoms. The van der Waals surface area contributed by atoms with Crippen molar-refractivity contribution >= 4 is 6.09 Å². The van der Waals surface area contributed by atoms with Crippen LogP contribution in [0.25, 0.3) is 0 Å².